The SMILES string of the molecule is Cc1ccc(C(=O)CCC(=O)NC2(C(=O)O)CC2)cc1. The standard InChI is InChI=1S/C15H17NO4/c1-10-2-4-11(5-3-10)12(17)6-7-13(18)16-15(8-9-15)14(19)20/h2-5H,6-9H2,1H3,(H,16,18)(H,19,20). The van der Waals surface area contributed by atoms with Crippen molar-refractivity contribution in [3.8, 4) is 0 Å². The molecular formula is C15H17NO4. The molecule has 0 unspecified atom stereocenters. The van der Waals surface area contributed by atoms with Crippen molar-refractivity contribution in [2.24, 2.45) is 0 Å². The van der Waals surface area contributed by atoms with E-state index in [2.05, 4.69) is 5.32 Å². The molecule has 1 aliphatic carbocycles. The summed E-state index contributed by atoms with van der Waals surface area (Å²) in [6, 6.07) is 7.15. The Morgan fingerprint density at radius 1 is 1.15 bits per heavy atom. The predicted octanol–water partition coefficient (Wildman–Crippen LogP) is 1.69. The summed E-state index contributed by atoms with van der Waals surface area (Å²) in [5.41, 5.74) is 0.559. The fourth-order valence-electron chi connectivity index (χ4n) is 1.96. The van der Waals surface area contributed by atoms with Crippen LogP contribution in [0.4, 0.5) is 0 Å². The van der Waals surface area contributed by atoms with E-state index in [0.29, 0.717) is 18.4 Å². The quantitative estimate of drug-likeness (QED) is 0.774. The number of aryl methyl sites for hydroxylation is 1. The number of aliphatic carboxylic acids is 1. The van der Waals surface area contributed by atoms with Crippen LogP contribution in [0.15, 0.2) is 24.3 Å². The first kappa shape index (κ1) is 14.2. The molecule has 0 saturated heterocycles. The maximum Gasteiger partial charge on any atom is 0.329 e. The highest BCUT2D eigenvalue weighted by molar-refractivity contribution is 5.98. The summed E-state index contributed by atoms with van der Waals surface area (Å²) in [6.45, 7) is 1.93. The van der Waals surface area contributed by atoms with Crippen molar-refractivity contribution in [2.75, 3.05) is 0 Å². The second kappa shape index (κ2) is 5.45. The fraction of sp³-hybridized carbons (Fsp3) is 0.400. The van der Waals surface area contributed by atoms with Crippen LogP contribution in [0.1, 0.15) is 41.6 Å². The number of hydrogen-bond acceptors (Lipinski definition) is 3. The summed E-state index contributed by atoms with van der Waals surface area (Å²) >= 11 is 0. The highest BCUT2D eigenvalue weighted by Crippen LogP contribution is 2.35. The third-order valence-corrected chi connectivity index (χ3v) is 3.49. The van der Waals surface area contributed by atoms with Crippen molar-refractivity contribution in [1.29, 1.82) is 0 Å². The summed E-state index contributed by atoms with van der Waals surface area (Å²) in [7, 11) is 0. The van der Waals surface area contributed by atoms with Gasteiger partial charge in [-0.25, -0.2) is 4.79 Å². The van der Waals surface area contributed by atoms with Crippen molar-refractivity contribution in [2.45, 2.75) is 38.1 Å². The molecule has 2 N–H and O–H groups in total. The van der Waals surface area contributed by atoms with Crippen LogP contribution >= 0.6 is 0 Å². The lowest BCUT2D eigenvalue weighted by molar-refractivity contribution is -0.143. The largest absolute Gasteiger partial charge is 0.480 e. The third kappa shape index (κ3) is 3.23. The number of amides is 1. The van der Waals surface area contributed by atoms with Gasteiger partial charge in [-0.3, -0.25) is 9.59 Å². The molecule has 106 valence electrons. The zero-order valence-electron chi connectivity index (χ0n) is 11.3. The lowest BCUT2D eigenvalue weighted by Crippen LogP contribution is -2.43. The molecule has 1 fully saturated rings. The summed E-state index contributed by atoms with van der Waals surface area (Å²) < 4.78 is 0. The van der Waals surface area contributed by atoms with Crippen LogP contribution in [0.5, 0.6) is 0 Å². The van der Waals surface area contributed by atoms with Gasteiger partial charge in [-0.1, -0.05) is 29.8 Å². The summed E-state index contributed by atoms with van der Waals surface area (Å²) in [5, 5.41) is 11.4. The zero-order chi connectivity index (χ0) is 14.8. The lowest BCUT2D eigenvalue weighted by atomic mass is 10.0. The molecule has 5 heteroatoms. The molecule has 0 heterocycles. The number of nitrogens with one attached hydrogen (secondary N) is 1. The molecule has 1 saturated carbocycles. The number of rotatable bonds is 6. The molecule has 1 aliphatic rings. The minimum Gasteiger partial charge on any atom is -0.480 e. The van der Waals surface area contributed by atoms with Crippen LogP contribution in [0, 0.1) is 6.92 Å². The fourth-order valence-corrected chi connectivity index (χ4v) is 1.96. The number of hydrogen-bond donors (Lipinski definition) is 2. The Kier molecular flexibility index (Phi) is 3.88. The van der Waals surface area contributed by atoms with Gasteiger partial charge >= 0.3 is 5.97 Å². The first-order valence-electron chi connectivity index (χ1n) is 6.57. The molecule has 2 rings (SSSR count). The molecule has 5 nitrogen and oxygen atoms in total. The van der Waals surface area contributed by atoms with Gasteiger partial charge in [-0.05, 0) is 19.8 Å². The normalized spacial score (nSPS) is 15.4. The van der Waals surface area contributed by atoms with E-state index in [1.165, 1.54) is 0 Å². The average molecular weight is 275 g/mol. The first-order valence-corrected chi connectivity index (χ1v) is 6.57. The second-order valence-corrected chi connectivity index (χ2v) is 5.22. The Labute approximate surface area is 117 Å². The lowest BCUT2D eigenvalue weighted by Gasteiger charge is -2.11. The Bertz CT molecular complexity index is 543. The smallest absolute Gasteiger partial charge is 0.329 e. The Morgan fingerprint density at radius 3 is 2.25 bits per heavy atom. The van der Waals surface area contributed by atoms with Crippen LogP contribution in [0.25, 0.3) is 0 Å². The molecule has 1 aromatic carbocycles. The maximum absolute atomic E-state index is 11.9. The van der Waals surface area contributed by atoms with E-state index in [0.717, 1.165) is 5.56 Å². The number of ketones is 1. The minimum atomic E-state index is -1.08. The number of carboxylic acid groups (broad SMARTS) is 1. The van der Waals surface area contributed by atoms with Crippen molar-refractivity contribution < 1.29 is 19.5 Å². The Balaban J connectivity index is 1.83. The molecule has 0 aliphatic heterocycles. The maximum atomic E-state index is 11.9. The number of benzene rings is 1. The van der Waals surface area contributed by atoms with Crippen molar-refractivity contribution in [3.63, 3.8) is 0 Å². The highest BCUT2D eigenvalue weighted by Gasteiger charge is 2.51. The molecule has 1 amide bonds. The zero-order valence-corrected chi connectivity index (χ0v) is 11.3. The third-order valence-electron chi connectivity index (χ3n) is 3.49. The molecule has 0 spiro atoms. The Morgan fingerprint density at radius 2 is 1.75 bits per heavy atom. The summed E-state index contributed by atoms with van der Waals surface area (Å²) in [5.74, 6) is -1.50. The van der Waals surface area contributed by atoms with E-state index in [9.17, 15) is 14.4 Å². The molecule has 1 aromatic rings. The second-order valence-electron chi connectivity index (χ2n) is 5.22. The molecule has 0 atom stereocenters. The van der Waals surface area contributed by atoms with Gasteiger partial charge in [-0.15, -0.1) is 0 Å². The van der Waals surface area contributed by atoms with E-state index >= 15 is 0 Å². The van der Waals surface area contributed by atoms with Crippen LogP contribution < -0.4 is 5.32 Å². The predicted molar refractivity (Wildman–Crippen MR) is 72.5 cm³/mol. The summed E-state index contributed by atoms with van der Waals surface area (Å²) in [4.78, 5) is 34.5. The van der Waals surface area contributed by atoms with E-state index in [4.69, 9.17) is 5.11 Å². The van der Waals surface area contributed by atoms with Gasteiger partial charge in [0.15, 0.2) is 5.78 Å². The van der Waals surface area contributed by atoms with Crippen molar-refractivity contribution >= 4 is 17.7 Å². The van der Waals surface area contributed by atoms with Crippen LogP contribution in [0.3, 0.4) is 0 Å². The van der Waals surface area contributed by atoms with Gasteiger partial charge in [0.05, 0.1) is 0 Å². The van der Waals surface area contributed by atoms with Gasteiger partial charge in [0.25, 0.3) is 0 Å². The molecular weight excluding hydrogens is 258 g/mol. The van der Waals surface area contributed by atoms with Crippen LogP contribution in [-0.2, 0) is 9.59 Å². The summed E-state index contributed by atoms with van der Waals surface area (Å²) in [6.07, 6.45) is 1.02. The monoisotopic (exact) mass is 275 g/mol. The van der Waals surface area contributed by atoms with E-state index in [1.807, 2.05) is 19.1 Å². The number of carboxylic acids is 1. The van der Waals surface area contributed by atoms with Gasteiger partial charge in [0.1, 0.15) is 5.54 Å². The van der Waals surface area contributed by atoms with Crippen LogP contribution in [0.2, 0.25) is 0 Å². The van der Waals surface area contributed by atoms with Gasteiger partial charge in [-0.2, -0.15) is 0 Å². The highest BCUT2D eigenvalue weighted by atomic mass is 16.4. The van der Waals surface area contributed by atoms with Gasteiger partial charge < -0.3 is 10.4 Å². The molecule has 0 aromatic heterocycles. The molecule has 20 heavy (non-hydrogen) atoms. The topological polar surface area (TPSA) is 83.5 Å². The van der Waals surface area contributed by atoms with E-state index < -0.39 is 11.5 Å². The van der Waals surface area contributed by atoms with Crippen molar-refractivity contribution in [1.82, 2.24) is 5.32 Å². The minimum absolute atomic E-state index is 0.0156. The number of Topliss-reactive ketones (excluding diaryl/α,β-unsaturated/α-hetero) is 1. The Hall–Kier alpha value is -2.17. The molecule has 0 bridgehead atoms. The average Bonchev–Trinajstić information content (AvgIpc) is 3.18. The number of carbonyl (C=O) groups excluding carboxylic acids is 2. The molecule has 0 radical (unpaired) electrons. The number of carbonyl (C=O) groups is 3. The first-order chi connectivity index (χ1) is 9.43. The van der Waals surface area contributed by atoms with Crippen LogP contribution in [-0.4, -0.2) is 28.3 Å². The van der Waals surface area contributed by atoms with E-state index in [-0.39, 0.29) is 24.5 Å². The van der Waals surface area contributed by atoms with E-state index in [1.54, 1.807) is 12.1 Å². The van der Waals surface area contributed by atoms with Gasteiger partial charge in [0, 0.05) is 18.4 Å². The van der Waals surface area contributed by atoms with Crippen molar-refractivity contribution in [3.05, 3.63) is 35.4 Å². The van der Waals surface area contributed by atoms with Gasteiger partial charge in [0.2, 0.25) is 5.91 Å².